The van der Waals surface area contributed by atoms with Gasteiger partial charge in [0.2, 0.25) is 15.9 Å². The number of carbonyl (C=O) groups excluding carboxylic acids is 1. The molecule has 2 heterocycles. The van der Waals surface area contributed by atoms with Gasteiger partial charge >= 0.3 is 0 Å². The summed E-state index contributed by atoms with van der Waals surface area (Å²) in [6.07, 6.45) is 1.26. The number of aryl methyl sites for hydroxylation is 4. The molecule has 0 fully saturated rings. The van der Waals surface area contributed by atoms with Gasteiger partial charge in [0.05, 0.1) is 24.4 Å². The van der Waals surface area contributed by atoms with Crippen molar-refractivity contribution in [3.05, 3.63) is 123 Å². The zero-order valence-electron chi connectivity index (χ0n) is 23.7. The molecule has 0 bridgehead atoms. The molecule has 2 atom stereocenters. The standard InChI is InChI=1S/C32H33N3O5S/c1-19-11-13-26(20(2)15-19)31(24-9-7-6-8-10-24)33-29(36)17-23-12-14-27-25(16-23)18-28(39-27)32(35-41(5,37)38)30-21(3)34-40-22(30)4/h6-16,18,31-32,35H,17H2,1-5H3,(H,33,36). The highest BCUT2D eigenvalue weighted by molar-refractivity contribution is 7.88. The van der Waals surface area contributed by atoms with E-state index < -0.39 is 16.1 Å². The molecule has 2 aromatic heterocycles. The molecule has 5 aromatic rings. The first-order valence-electron chi connectivity index (χ1n) is 13.3. The third kappa shape index (κ3) is 6.42. The summed E-state index contributed by atoms with van der Waals surface area (Å²) in [4.78, 5) is 13.4. The van der Waals surface area contributed by atoms with E-state index in [1.54, 1.807) is 26.0 Å². The Hall–Kier alpha value is -4.21. The van der Waals surface area contributed by atoms with Crippen LogP contribution in [0.1, 0.15) is 62.7 Å². The fourth-order valence-corrected chi connectivity index (χ4v) is 5.94. The molecule has 0 aliphatic rings. The fraction of sp³-hybridized carbons (Fsp3) is 0.250. The van der Waals surface area contributed by atoms with E-state index in [0.29, 0.717) is 28.4 Å². The van der Waals surface area contributed by atoms with Gasteiger partial charge in [-0.25, -0.2) is 13.1 Å². The molecule has 2 N–H and O–H groups in total. The van der Waals surface area contributed by atoms with Crippen LogP contribution in [-0.2, 0) is 21.2 Å². The lowest BCUT2D eigenvalue weighted by Crippen LogP contribution is -2.31. The van der Waals surface area contributed by atoms with Crippen molar-refractivity contribution in [2.75, 3.05) is 6.26 Å². The summed E-state index contributed by atoms with van der Waals surface area (Å²) >= 11 is 0. The Labute approximate surface area is 239 Å². The molecule has 5 rings (SSSR count). The molecule has 8 nitrogen and oxygen atoms in total. The van der Waals surface area contributed by atoms with Gasteiger partial charge in [-0.2, -0.15) is 0 Å². The molecule has 0 saturated heterocycles. The average Bonchev–Trinajstić information content (AvgIpc) is 3.48. The molecule has 0 radical (unpaired) electrons. The number of benzene rings is 3. The Morgan fingerprint density at radius 3 is 2.34 bits per heavy atom. The van der Waals surface area contributed by atoms with Crippen molar-refractivity contribution >= 4 is 26.9 Å². The van der Waals surface area contributed by atoms with E-state index in [0.717, 1.165) is 33.9 Å². The van der Waals surface area contributed by atoms with E-state index in [4.69, 9.17) is 8.94 Å². The second kappa shape index (κ2) is 11.3. The SMILES string of the molecule is Cc1ccc(C(NC(=O)Cc2ccc3oc(C(NS(C)(=O)=O)c4c(C)noc4C)cc3c2)c2ccccc2)c(C)c1. The topological polar surface area (TPSA) is 114 Å². The average molecular weight is 572 g/mol. The summed E-state index contributed by atoms with van der Waals surface area (Å²) < 4.78 is 38.4. The van der Waals surface area contributed by atoms with Crippen molar-refractivity contribution < 1.29 is 22.2 Å². The van der Waals surface area contributed by atoms with Crippen LogP contribution in [0.25, 0.3) is 11.0 Å². The minimum absolute atomic E-state index is 0.116. The molecular weight excluding hydrogens is 538 g/mol. The normalized spacial score (nSPS) is 13.3. The second-order valence-corrected chi connectivity index (χ2v) is 12.3. The lowest BCUT2D eigenvalue weighted by atomic mass is 9.93. The maximum atomic E-state index is 13.4. The third-order valence-corrected chi connectivity index (χ3v) is 7.80. The number of carbonyl (C=O) groups is 1. The zero-order valence-corrected chi connectivity index (χ0v) is 24.5. The van der Waals surface area contributed by atoms with E-state index in [1.165, 1.54) is 5.56 Å². The summed E-state index contributed by atoms with van der Waals surface area (Å²) in [5.74, 6) is 0.785. The van der Waals surface area contributed by atoms with E-state index >= 15 is 0 Å². The van der Waals surface area contributed by atoms with E-state index in [-0.39, 0.29) is 18.4 Å². The monoisotopic (exact) mass is 571 g/mol. The molecule has 3 aromatic carbocycles. The second-order valence-electron chi connectivity index (χ2n) is 10.5. The summed E-state index contributed by atoms with van der Waals surface area (Å²) in [5.41, 5.74) is 6.89. The quantitative estimate of drug-likeness (QED) is 0.233. The van der Waals surface area contributed by atoms with Gasteiger partial charge in [0, 0.05) is 10.9 Å². The lowest BCUT2D eigenvalue weighted by molar-refractivity contribution is -0.120. The van der Waals surface area contributed by atoms with Crippen LogP contribution < -0.4 is 10.0 Å². The number of hydrogen-bond donors (Lipinski definition) is 2. The lowest BCUT2D eigenvalue weighted by Gasteiger charge is -2.22. The Balaban J connectivity index is 1.42. The third-order valence-electron chi connectivity index (χ3n) is 7.13. The number of furan rings is 1. The van der Waals surface area contributed by atoms with Crippen molar-refractivity contribution in [3.63, 3.8) is 0 Å². The molecule has 0 saturated carbocycles. The molecule has 9 heteroatoms. The van der Waals surface area contributed by atoms with Crippen LogP contribution in [0.5, 0.6) is 0 Å². The molecular formula is C32H33N3O5S. The van der Waals surface area contributed by atoms with Gasteiger partial charge in [-0.05, 0) is 68.1 Å². The molecule has 1 amide bonds. The predicted octanol–water partition coefficient (Wildman–Crippen LogP) is 5.74. The van der Waals surface area contributed by atoms with Gasteiger partial charge in [0.25, 0.3) is 0 Å². The van der Waals surface area contributed by atoms with Gasteiger partial charge in [0.1, 0.15) is 23.1 Å². The Morgan fingerprint density at radius 1 is 0.927 bits per heavy atom. The van der Waals surface area contributed by atoms with Gasteiger partial charge in [-0.15, -0.1) is 0 Å². The molecule has 0 aliphatic carbocycles. The number of amides is 1. The van der Waals surface area contributed by atoms with E-state index in [9.17, 15) is 13.2 Å². The zero-order chi connectivity index (χ0) is 29.3. The smallest absolute Gasteiger partial charge is 0.225 e. The summed E-state index contributed by atoms with van der Waals surface area (Å²) in [6, 6.07) is 22.4. The first-order valence-corrected chi connectivity index (χ1v) is 15.2. The minimum Gasteiger partial charge on any atom is -0.459 e. The minimum atomic E-state index is -3.59. The van der Waals surface area contributed by atoms with Crippen LogP contribution in [0.4, 0.5) is 0 Å². The van der Waals surface area contributed by atoms with Crippen molar-refractivity contribution in [1.82, 2.24) is 15.2 Å². The van der Waals surface area contributed by atoms with Crippen LogP contribution in [0.15, 0.2) is 81.7 Å². The van der Waals surface area contributed by atoms with Gasteiger partial charge in [-0.1, -0.05) is 65.3 Å². The van der Waals surface area contributed by atoms with Gasteiger partial charge in [-0.3, -0.25) is 4.79 Å². The summed E-state index contributed by atoms with van der Waals surface area (Å²) in [6.45, 7) is 7.59. The largest absolute Gasteiger partial charge is 0.459 e. The summed E-state index contributed by atoms with van der Waals surface area (Å²) in [7, 11) is -3.59. The highest BCUT2D eigenvalue weighted by Crippen LogP contribution is 2.33. The van der Waals surface area contributed by atoms with Gasteiger partial charge < -0.3 is 14.3 Å². The number of hydrogen-bond acceptors (Lipinski definition) is 6. The van der Waals surface area contributed by atoms with Crippen LogP contribution in [0.3, 0.4) is 0 Å². The van der Waals surface area contributed by atoms with Crippen LogP contribution in [0, 0.1) is 27.7 Å². The maximum absolute atomic E-state index is 13.4. The molecule has 212 valence electrons. The van der Waals surface area contributed by atoms with Crippen molar-refractivity contribution in [1.29, 1.82) is 0 Å². The molecule has 0 spiro atoms. The number of sulfonamides is 1. The van der Waals surface area contributed by atoms with Crippen LogP contribution in [-0.4, -0.2) is 25.7 Å². The molecule has 41 heavy (non-hydrogen) atoms. The van der Waals surface area contributed by atoms with Crippen molar-refractivity contribution in [2.24, 2.45) is 0 Å². The van der Waals surface area contributed by atoms with E-state index in [2.05, 4.69) is 47.2 Å². The van der Waals surface area contributed by atoms with Crippen molar-refractivity contribution in [3.8, 4) is 0 Å². The Bertz CT molecular complexity index is 1800. The molecule has 0 aliphatic heterocycles. The Kier molecular flexibility index (Phi) is 7.84. The number of fused-ring (bicyclic) bond motifs is 1. The first-order chi connectivity index (χ1) is 19.5. The Morgan fingerprint density at radius 2 is 1.68 bits per heavy atom. The van der Waals surface area contributed by atoms with Gasteiger partial charge in [0.15, 0.2) is 0 Å². The highest BCUT2D eigenvalue weighted by Gasteiger charge is 2.28. The number of rotatable bonds is 9. The number of nitrogens with one attached hydrogen (secondary N) is 2. The van der Waals surface area contributed by atoms with E-state index in [1.807, 2.05) is 42.5 Å². The first kappa shape index (κ1) is 28.3. The highest BCUT2D eigenvalue weighted by atomic mass is 32.2. The predicted molar refractivity (Wildman–Crippen MR) is 158 cm³/mol. The molecule has 2 unspecified atom stereocenters. The maximum Gasteiger partial charge on any atom is 0.225 e. The summed E-state index contributed by atoms with van der Waals surface area (Å²) in [5, 5.41) is 7.96. The fourth-order valence-electron chi connectivity index (χ4n) is 5.27. The van der Waals surface area contributed by atoms with Crippen LogP contribution in [0.2, 0.25) is 0 Å². The number of nitrogens with zero attached hydrogens (tertiary/aromatic N) is 1. The number of aromatic nitrogens is 1. The van der Waals surface area contributed by atoms with Crippen molar-refractivity contribution in [2.45, 2.75) is 46.2 Å². The van der Waals surface area contributed by atoms with Crippen LogP contribution >= 0.6 is 0 Å².